The van der Waals surface area contributed by atoms with Crippen molar-refractivity contribution in [3.05, 3.63) is 69.2 Å². The number of nitrogens with zero attached hydrogens (tertiary/aromatic N) is 1. The van der Waals surface area contributed by atoms with Crippen LogP contribution in [0.5, 0.6) is 0 Å². The number of amides is 1. The van der Waals surface area contributed by atoms with E-state index in [-0.39, 0.29) is 17.4 Å². The second-order valence-electron chi connectivity index (χ2n) is 8.54. The third-order valence-electron chi connectivity index (χ3n) is 6.47. The molecule has 8 heteroatoms. The predicted octanol–water partition coefficient (Wildman–Crippen LogP) is 5.84. The number of hydrogen-bond donors (Lipinski definition) is 1. The van der Waals surface area contributed by atoms with Crippen LogP contribution in [0.15, 0.2) is 42.5 Å². The van der Waals surface area contributed by atoms with Crippen molar-refractivity contribution < 1.29 is 18.0 Å². The third kappa shape index (κ3) is 5.36. The molecule has 3 nitrogen and oxygen atoms in total. The fraction of sp³-hybridized carbons (Fsp3) is 0.435. The molecule has 2 fully saturated rings. The van der Waals surface area contributed by atoms with Gasteiger partial charge in [-0.25, -0.2) is 0 Å². The molecule has 166 valence electrons. The van der Waals surface area contributed by atoms with Crippen LogP contribution in [-0.4, -0.2) is 36.5 Å². The fourth-order valence-corrected chi connectivity index (χ4v) is 4.93. The molecule has 1 aliphatic heterocycles. The van der Waals surface area contributed by atoms with Crippen LogP contribution in [0.3, 0.4) is 0 Å². The van der Waals surface area contributed by atoms with Gasteiger partial charge in [0.05, 0.1) is 5.56 Å². The Balaban J connectivity index is 1.23. The Labute approximate surface area is 189 Å². The van der Waals surface area contributed by atoms with Gasteiger partial charge in [-0.15, -0.1) is 0 Å². The Bertz CT molecular complexity index is 934. The summed E-state index contributed by atoms with van der Waals surface area (Å²) in [7, 11) is 0. The molecule has 2 aliphatic rings. The molecule has 1 spiro atoms. The maximum Gasteiger partial charge on any atom is 0.416 e. The van der Waals surface area contributed by atoms with Gasteiger partial charge in [0.2, 0.25) is 0 Å². The minimum Gasteiger partial charge on any atom is -0.349 e. The SMILES string of the molecule is O=C(NC1CC12CCN(CCc1ccc(C(F)(F)F)cc1)CC2)c1cc(Cl)cc(Cl)c1. The highest BCUT2D eigenvalue weighted by Gasteiger charge is 2.55. The number of piperidine rings is 1. The summed E-state index contributed by atoms with van der Waals surface area (Å²) < 4.78 is 38.0. The van der Waals surface area contributed by atoms with Gasteiger partial charge in [0.25, 0.3) is 5.91 Å². The van der Waals surface area contributed by atoms with Crippen LogP contribution in [0.4, 0.5) is 13.2 Å². The number of hydrogen-bond acceptors (Lipinski definition) is 2. The molecule has 4 rings (SSSR count). The van der Waals surface area contributed by atoms with Crippen LogP contribution in [0.1, 0.15) is 40.7 Å². The normalized spacial score (nSPS) is 20.6. The summed E-state index contributed by atoms with van der Waals surface area (Å²) >= 11 is 12.0. The highest BCUT2D eigenvalue weighted by molar-refractivity contribution is 6.35. The zero-order valence-electron chi connectivity index (χ0n) is 16.8. The van der Waals surface area contributed by atoms with Crippen LogP contribution >= 0.6 is 23.2 Å². The van der Waals surface area contributed by atoms with Gasteiger partial charge in [-0.3, -0.25) is 4.79 Å². The monoisotopic (exact) mass is 470 g/mol. The minimum atomic E-state index is -4.30. The van der Waals surface area contributed by atoms with E-state index in [0.29, 0.717) is 15.6 Å². The summed E-state index contributed by atoms with van der Waals surface area (Å²) in [6.45, 7) is 2.67. The first-order valence-electron chi connectivity index (χ1n) is 10.3. The van der Waals surface area contributed by atoms with Gasteiger partial charge in [-0.05, 0) is 80.1 Å². The number of carbonyl (C=O) groups is 1. The Kier molecular flexibility index (Phi) is 6.25. The fourth-order valence-electron chi connectivity index (χ4n) is 4.40. The van der Waals surface area contributed by atoms with Gasteiger partial charge in [0.1, 0.15) is 0 Å². The lowest BCUT2D eigenvalue weighted by atomic mass is 9.92. The average molecular weight is 471 g/mol. The molecule has 31 heavy (non-hydrogen) atoms. The second kappa shape index (κ2) is 8.64. The summed E-state index contributed by atoms with van der Waals surface area (Å²) in [5, 5.41) is 3.98. The van der Waals surface area contributed by atoms with Gasteiger partial charge >= 0.3 is 6.18 Å². The standard InChI is InChI=1S/C23H23Cl2F3N2O/c24-18-11-16(12-19(25)13-18)21(31)29-20-14-22(20)6-9-30(10-7-22)8-5-15-1-3-17(4-2-15)23(26,27)28/h1-4,11-13,20H,5-10,14H2,(H,29,31). The number of nitrogens with one attached hydrogen (secondary N) is 1. The predicted molar refractivity (Wildman–Crippen MR) is 116 cm³/mol. The molecule has 2 aromatic rings. The summed E-state index contributed by atoms with van der Waals surface area (Å²) in [4.78, 5) is 14.9. The molecule has 0 bridgehead atoms. The topological polar surface area (TPSA) is 32.3 Å². The zero-order chi connectivity index (χ0) is 22.2. The number of carbonyl (C=O) groups excluding carboxylic acids is 1. The van der Waals surface area contributed by atoms with Gasteiger partial charge in [0, 0.05) is 28.2 Å². The first kappa shape index (κ1) is 22.4. The van der Waals surface area contributed by atoms with Crippen molar-refractivity contribution in [3.63, 3.8) is 0 Å². The molecule has 2 aromatic carbocycles. The molecule has 0 radical (unpaired) electrons. The lowest BCUT2D eigenvalue weighted by molar-refractivity contribution is -0.137. The quantitative estimate of drug-likeness (QED) is 0.595. The molecule has 1 heterocycles. The first-order chi connectivity index (χ1) is 14.6. The second-order valence-corrected chi connectivity index (χ2v) is 9.41. The van der Waals surface area contributed by atoms with E-state index in [0.717, 1.165) is 63.0 Å². The highest BCUT2D eigenvalue weighted by atomic mass is 35.5. The Hall–Kier alpha value is -1.76. The zero-order valence-corrected chi connectivity index (χ0v) is 18.3. The average Bonchev–Trinajstić information content (AvgIpc) is 3.37. The smallest absolute Gasteiger partial charge is 0.349 e. The molecule has 0 aromatic heterocycles. The van der Waals surface area contributed by atoms with E-state index in [1.54, 1.807) is 30.3 Å². The maximum absolute atomic E-state index is 12.7. The summed E-state index contributed by atoms with van der Waals surface area (Å²) in [6.07, 6.45) is -0.599. The number of alkyl halides is 3. The van der Waals surface area contributed by atoms with Gasteiger partial charge < -0.3 is 10.2 Å². The number of halogens is 5. The van der Waals surface area contributed by atoms with Crippen LogP contribution in [0.25, 0.3) is 0 Å². The van der Waals surface area contributed by atoms with Crippen molar-refractivity contribution in [1.29, 1.82) is 0 Å². The Morgan fingerprint density at radius 2 is 1.68 bits per heavy atom. The number of rotatable bonds is 5. The number of likely N-dealkylation sites (tertiary alicyclic amines) is 1. The molecule has 1 amide bonds. The molecular weight excluding hydrogens is 448 g/mol. The Morgan fingerprint density at radius 1 is 1.06 bits per heavy atom. The van der Waals surface area contributed by atoms with Gasteiger partial charge in [-0.2, -0.15) is 13.2 Å². The van der Waals surface area contributed by atoms with Gasteiger partial charge in [-0.1, -0.05) is 35.3 Å². The van der Waals surface area contributed by atoms with Crippen molar-refractivity contribution in [2.75, 3.05) is 19.6 Å². The van der Waals surface area contributed by atoms with Crippen molar-refractivity contribution in [3.8, 4) is 0 Å². The molecule has 1 N–H and O–H groups in total. The lowest BCUT2D eigenvalue weighted by Gasteiger charge is -2.33. The van der Waals surface area contributed by atoms with E-state index in [1.807, 2.05) is 0 Å². The summed E-state index contributed by atoms with van der Waals surface area (Å²) in [6, 6.07) is 10.4. The Morgan fingerprint density at radius 3 is 2.26 bits per heavy atom. The third-order valence-corrected chi connectivity index (χ3v) is 6.91. The lowest BCUT2D eigenvalue weighted by Crippen LogP contribution is -2.39. The van der Waals surface area contributed by atoms with E-state index < -0.39 is 11.7 Å². The van der Waals surface area contributed by atoms with Crippen molar-refractivity contribution in [1.82, 2.24) is 10.2 Å². The van der Waals surface area contributed by atoms with E-state index in [9.17, 15) is 18.0 Å². The largest absolute Gasteiger partial charge is 0.416 e. The summed E-state index contributed by atoms with van der Waals surface area (Å²) in [5.41, 5.74) is 0.916. The van der Waals surface area contributed by atoms with E-state index >= 15 is 0 Å². The molecular formula is C23H23Cl2F3N2O. The van der Waals surface area contributed by atoms with Crippen molar-refractivity contribution >= 4 is 29.1 Å². The van der Waals surface area contributed by atoms with E-state index in [4.69, 9.17) is 23.2 Å². The van der Waals surface area contributed by atoms with Crippen molar-refractivity contribution in [2.45, 2.75) is 37.9 Å². The molecule has 1 unspecified atom stereocenters. The minimum absolute atomic E-state index is 0.156. The van der Waals surface area contributed by atoms with Gasteiger partial charge in [0.15, 0.2) is 0 Å². The van der Waals surface area contributed by atoms with Crippen LogP contribution in [-0.2, 0) is 12.6 Å². The highest BCUT2D eigenvalue weighted by Crippen LogP contribution is 2.54. The number of benzene rings is 2. The molecule has 1 aliphatic carbocycles. The van der Waals surface area contributed by atoms with E-state index in [2.05, 4.69) is 10.2 Å². The van der Waals surface area contributed by atoms with Crippen molar-refractivity contribution in [2.24, 2.45) is 5.41 Å². The van der Waals surface area contributed by atoms with Crippen LogP contribution < -0.4 is 5.32 Å². The van der Waals surface area contributed by atoms with Crippen LogP contribution in [0.2, 0.25) is 10.0 Å². The first-order valence-corrected chi connectivity index (χ1v) is 11.1. The van der Waals surface area contributed by atoms with Crippen LogP contribution in [0, 0.1) is 5.41 Å². The summed E-state index contributed by atoms with van der Waals surface area (Å²) in [5.74, 6) is -0.156. The molecule has 1 atom stereocenters. The van der Waals surface area contributed by atoms with E-state index in [1.165, 1.54) is 0 Å². The molecule has 1 saturated heterocycles. The maximum atomic E-state index is 12.7. The molecule has 1 saturated carbocycles.